The average Bonchev–Trinajstić information content (AvgIpc) is 3.13. The third kappa shape index (κ3) is 4.13. The van der Waals surface area contributed by atoms with Crippen LogP contribution in [0.3, 0.4) is 0 Å². The number of fused-ring (bicyclic) bond motifs is 2. The lowest BCUT2D eigenvalue weighted by Crippen LogP contribution is -2.25. The van der Waals surface area contributed by atoms with Crippen LogP contribution < -0.4 is 14.2 Å². The van der Waals surface area contributed by atoms with Gasteiger partial charge in [-0.05, 0) is 41.0 Å². The molecule has 3 aromatic rings. The Kier molecular flexibility index (Phi) is 5.30. The van der Waals surface area contributed by atoms with Crippen molar-refractivity contribution in [2.24, 2.45) is 0 Å². The summed E-state index contributed by atoms with van der Waals surface area (Å²) in [5, 5.41) is 10.8. The quantitative estimate of drug-likeness (QED) is 0.696. The van der Waals surface area contributed by atoms with Crippen molar-refractivity contribution in [3.05, 3.63) is 89.0 Å². The molecule has 2 heterocycles. The number of hydrogen-bond acceptors (Lipinski definition) is 5. The standard InChI is InChI=1S/C25H25NO4/c27-22(12-18-4-2-1-3-5-18)20-7-9-23-21(14-20)16-26(10-11-28-23)15-19-6-8-24-25(13-19)30-17-29-24/h1-9,13-14,22,27H,10-12,15-17H2. The molecule has 0 fully saturated rings. The van der Waals surface area contributed by atoms with Gasteiger partial charge in [0.15, 0.2) is 11.5 Å². The molecule has 5 heteroatoms. The first-order valence-electron chi connectivity index (χ1n) is 10.3. The summed E-state index contributed by atoms with van der Waals surface area (Å²) in [7, 11) is 0. The molecule has 0 saturated heterocycles. The van der Waals surface area contributed by atoms with Crippen LogP contribution in [0, 0.1) is 0 Å². The van der Waals surface area contributed by atoms with Gasteiger partial charge in [-0.15, -0.1) is 0 Å². The van der Waals surface area contributed by atoms with Crippen LogP contribution in [0.2, 0.25) is 0 Å². The van der Waals surface area contributed by atoms with E-state index in [0.29, 0.717) is 13.0 Å². The molecule has 0 aliphatic carbocycles. The molecule has 5 rings (SSSR count). The number of aliphatic hydroxyl groups excluding tert-OH is 1. The monoisotopic (exact) mass is 403 g/mol. The van der Waals surface area contributed by atoms with Crippen LogP contribution in [-0.2, 0) is 19.5 Å². The molecule has 0 bridgehead atoms. The SMILES string of the molecule is OC(Cc1ccccc1)c1ccc2c(c1)CN(Cc1ccc3c(c1)OCO3)CCO2. The summed E-state index contributed by atoms with van der Waals surface area (Å²) in [6.45, 7) is 3.35. The van der Waals surface area contributed by atoms with Gasteiger partial charge in [-0.2, -0.15) is 0 Å². The van der Waals surface area contributed by atoms with Crippen molar-refractivity contribution < 1.29 is 19.3 Å². The number of benzene rings is 3. The van der Waals surface area contributed by atoms with Crippen LogP contribution >= 0.6 is 0 Å². The summed E-state index contributed by atoms with van der Waals surface area (Å²) in [6.07, 6.45) is 0.0600. The second-order valence-corrected chi connectivity index (χ2v) is 7.82. The average molecular weight is 403 g/mol. The second-order valence-electron chi connectivity index (χ2n) is 7.82. The van der Waals surface area contributed by atoms with Crippen LogP contribution in [0.25, 0.3) is 0 Å². The predicted octanol–water partition coefficient (Wildman–Crippen LogP) is 4.09. The molecule has 30 heavy (non-hydrogen) atoms. The van der Waals surface area contributed by atoms with Gasteiger partial charge in [0.25, 0.3) is 0 Å². The Labute approximate surface area is 176 Å². The van der Waals surface area contributed by atoms with Crippen molar-refractivity contribution in [3.63, 3.8) is 0 Å². The highest BCUT2D eigenvalue weighted by Crippen LogP contribution is 2.33. The zero-order valence-electron chi connectivity index (χ0n) is 16.8. The largest absolute Gasteiger partial charge is 0.492 e. The molecule has 1 N–H and O–H groups in total. The first-order valence-corrected chi connectivity index (χ1v) is 10.3. The minimum absolute atomic E-state index is 0.289. The third-order valence-electron chi connectivity index (χ3n) is 5.64. The molecule has 3 aromatic carbocycles. The molecular formula is C25H25NO4. The van der Waals surface area contributed by atoms with Crippen molar-refractivity contribution in [3.8, 4) is 17.2 Å². The van der Waals surface area contributed by atoms with Crippen LogP contribution in [0.15, 0.2) is 66.7 Å². The first-order chi connectivity index (χ1) is 14.7. The molecule has 5 nitrogen and oxygen atoms in total. The lowest BCUT2D eigenvalue weighted by Gasteiger charge is -2.20. The highest BCUT2D eigenvalue weighted by molar-refractivity contribution is 5.44. The van der Waals surface area contributed by atoms with E-state index in [4.69, 9.17) is 14.2 Å². The van der Waals surface area contributed by atoms with E-state index in [9.17, 15) is 5.11 Å². The van der Waals surface area contributed by atoms with Crippen LogP contribution in [0.4, 0.5) is 0 Å². The van der Waals surface area contributed by atoms with Crippen LogP contribution in [0.1, 0.15) is 28.4 Å². The number of hydrogen-bond donors (Lipinski definition) is 1. The molecule has 0 aromatic heterocycles. The smallest absolute Gasteiger partial charge is 0.231 e. The van der Waals surface area contributed by atoms with Gasteiger partial charge < -0.3 is 19.3 Å². The third-order valence-corrected chi connectivity index (χ3v) is 5.64. The topological polar surface area (TPSA) is 51.2 Å². The fraction of sp³-hybridized carbons (Fsp3) is 0.280. The molecule has 2 aliphatic heterocycles. The maximum absolute atomic E-state index is 10.8. The molecular weight excluding hydrogens is 378 g/mol. The van der Waals surface area contributed by atoms with E-state index in [-0.39, 0.29) is 6.79 Å². The van der Waals surface area contributed by atoms with Crippen molar-refractivity contribution in [1.29, 1.82) is 0 Å². The van der Waals surface area contributed by atoms with Crippen molar-refractivity contribution in [1.82, 2.24) is 4.90 Å². The molecule has 0 spiro atoms. The Bertz CT molecular complexity index is 1020. The van der Waals surface area contributed by atoms with E-state index in [1.807, 2.05) is 48.5 Å². The minimum Gasteiger partial charge on any atom is -0.492 e. The number of ether oxygens (including phenoxy) is 3. The summed E-state index contributed by atoms with van der Waals surface area (Å²) >= 11 is 0. The zero-order valence-corrected chi connectivity index (χ0v) is 16.8. The number of nitrogens with zero attached hydrogens (tertiary/aromatic N) is 1. The van der Waals surface area contributed by atoms with Crippen molar-refractivity contribution in [2.45, 2.75) is 25.6 Å². The van der Waals surface area contributed by atoms with Gasteiger partial charge in [-0.3, -0.25) is 4.90 Å². The fourth-order valence-corrected chi connectivity index (χ4v) is 4.06. The molecule has 1 unspecified atom stereocenters. The number of rotatable bonds is 5. The van der Waals surface area contributed by atoms with Crippen molar-refractivity contribution in [2.75, 3.05) is 19.9 Å². The molecule has 1 atom stereocenters. The van der Waals surface area contributed by atoms with E-state index in [1.165, 1.54) is 5.56 Å². The highest BCUT2D eigenvalue weighted by Gasteiger charge is 2.20. The maximum atomic E-state index is 10.8. The molecule has 0 radical (unpaired) electrons. The second kappa shape index (κ2) is 8.38. The Morgan fingerprint density at radius 1 is 0.833 bits per heavy atom. The van der Waals surface area contributed by atoms with E-state index >= 15 is 0 Å². The minimum atomic E-state index is -0.539. The van der Waals surface area contributed by atoms with Crippen LogP contribution in [0.5, 0.6) is 17.2 Å². The Balaban J connectivity index is 1.31. The fourth-order valence-electron chi connectivity index (χ4n) is 4.06. The van der Waals surface area contributed by atoms with E-state index in [0.717, 1.165) is 53.6 Å². The Morgan fingerprint density at radius 3 is 2.57 bits per heavy atom. The molecule has 154 valence electrons. The van der Waals surface area contributed by atoms with Gasteiger partial charge in [0, 0.05) is 31.6 Å². The summed E-state index contributed by atoms with van der Waals surface area (Å²) < 4.78 is 16.9. The van der Waals surface area contributed by atoms with Crippen LogP contribution in [-0.4, -0.2) is 30.0 Å². The summed E-state index contributed by atoms with van der Waals surface area (Å²) in [6, 6.07) is 22.2. The van der Waals surface area contributed by atoms with Gasteiger partial charge in [0.2, 0.25) is 6.79 Å². The van der Waals surface area contributed by atoms with Gasteiger partial charge in [0.1, 0.15) is 12.4 Å². The molecule has 0 amide bonds. The summed E-state index contributed by atoms with van der Waals surface area (Å²) in [5.74, 6) is 2.52. The zero-order chi connectivity index (χ0) is 20.3. The predicted molar refractivity (Wildman–Crippen MR) is 114 cm³/mol. The summed E-state index contributed by atoms with van der Waals surface area (Å²) in [4.78, 5) is 2.36. The maximum Gasteiger partial charge on any atom is 0.231 e. The Hall–Kier alpha value is -3.02. The van der Waals surface area contributed by atoms with Gasteiger partial charge in [-0.1, -0.05) is 42.5 Å². The normalized spacial score (nSPS) is 16.4. The van der Waals surface area contributed by atoms with E-state index in [1.54, 1.807) is 0 Å². The van der Waals surface area contributed by atoms with E-state index in [2.05, 4.69) is 23.1 Å². The van der Waals surface area contributed by atoms with Gasteiger partial charge in [-0.25, -0.2) is 0 Å². The first kappa shape index (κ1) is 19.0. The van der Waals surface area contributed by atoms with Gasteiger partial charge >= 0.3 is 0 Å². The highest BCUT2D eigenvalue weighted by atomic mass is 16.7. The van der Waals surface area contributed by atoms with Crippen molar-refractivity contribution >= 4 is 0 Å². The lowest BCUT2D eigenvalue weighted by molar-refractivity contribution is 0.173. The molecule has 0 saturated carbocycles. The number of aliphatic hydroxyl groups is 1. The summed E-state index contributed by atoms with van der Waals surface area (Å²) in [5.41, 5.74) is 4.34. The van der Waals surface area contributed by atoms with E-state index < -0.39 is 6.10 Å². The van der Waals surface area contributed by atoms with Gasteiger partial charge in [0.05, 0.1) is 6.10 Å². The Morgan fingerprint density at radius 2 is 1.67 bits per heavy atom. The lowest BCUT2D eigenvalue weighted by atomic mass is 9.99. The molecule has 2 aliphatic rings.